The minimum Gasteiger partial charge on any atom is -0.396 e. The first-order valence-electron chi connectivity index (χ1n) is 5.54. The Balaban J connectivity index is 3.73. The van der Waals surface area contributed by atoms with Crippen LogP contribution in [0.15, 0.2) is 11.9 Å². The van der Waals surface area contributed by atoms with Gasteiger partial charge in [-0.2, -0.15) is 0 Å². The molecule has 1 N–H and O–H groups in total. The summed E-state index contributed by atoms with van der Waals surface area (Å²) in [7, 11) is 0. The van der Waals surface area contributed by atoms with Crippen molar-refractivity contribution in [2.24, 2.45) is 11.8 Å². The normalized spacial score (nSPS) is 14.9. The molecule has 0 aliphatic carbocycles. The fraction of sp³-hybridized carbons (Fsp3) is 0.833. The minimum absolute atomic E-state index is 0.0108. The maximum Gasteiger partial charge on any atom is 0.0987 e. The van der Waals surface area contributed by atoms with Gasteiger partial charge in [-0.1, -0.05) is 33.3 Å². The summed E-state index contributed by atoms with van der Waals surface area (Å²) in [5, 5.41) is 8.59. The van der Waals surface area contributed by atoms with Crippen molar-refractivity contribution in [1.82, 2.24) is 0 Å². The van der Waals surface area contributed by atoms with E-state index in [4.69, 9.17) is 5.11 Å². The molecule has 0 bridgehead atoms. The summed E-state index contributed by atoms with van der Waals surface area (Å²) in [5.74, 6) is 0.544. The highest BCUT2D eigenvalue weighted by Crippen LogP contribution is 2.20. The van der Waals surface area contributed by atoms with Crippen molar-refractivity contribution in [3.05, 3.63) is 11.9 Å². The lowest BCUT2D eigenvalue weighted by Gasteiger charge is -2.09. The van der Waals surface area contributed by atoms with Crippen molar-refractivity contribution < 1.29 is 9.50 Å². The predicted octanol–water partition coefficient (Wildman–Crippen LogP) is 3.68. The van der Waals surface area contributed by atoms with Gasteiger partial charge in [0.25, 0.3) is 0 Å². The van der Waals surface area contributed by atoms with Crippen LogP contribution >= 0.6 is 0 Å². The Labute approximate surface area is 87.0 Å². The van der Waals surface area contributed by atoms with Crippen molar-refractivity contribution in [1.29, 1.82) is 0 Å². The average Bonchev–Trinajstić information content (AvgIpc) is 2.14. The molecule has 0 rings (SSSR count). The van der Waals surface area contributed by atoms with E-state index in [1.54, 1.807) is 6.08 Å². The molecule has 0 saturated heterocycles. The standard InChI is InChI=1S/C12H23FO/c1-10(2)7-8-12(13)11(3)6-4-5-9-14/h8,10-11,14H,4-7,9H2,1-3H3/b12-8+. The maximum absolute atomic E-state index is 13.4. The zero-order chi connectivity index (χ0) is 11.0. The van der Waals surface area contributed by atoms with Crippen LogP contribution in [0.4, 0.5) is 4.39 Å². The van der Waals surface area contributed by atoms with E-state index < -0.39 is 0 Å². The Hall–Kier alpha value is -0.370. The summed E-state index contributed by atoms with van der Waals surface area (Å²) in [6.45, 7) is 6.29. The number of allylic oxidation sites excluding steroid dienone is 2. The van der Waals surface area contributed by atoms with Crippen molar-refractivity contribution in [2.75, 3.05) is 6.61 Å². The second-order valence-electron chi connectivity index (χ2n) is 4.34. The number of aliphatic hydroxyl groups is 1. The Kier molecular flexibility index (Phi) is 7.77. The van der Waals surface area contributed by atoms with Crippen molar-refractivity contribution in [2.45, 2.75) is 46.5 Å². The lowest BCUT2D eigenvalue weighted by molar-refractivity contribution is 0.278. The van der Waals surface area contributed by atoms with Gasteiger partial charge in [-0.05, 0) is 25.2 Å². The molecule has 14 heavy (non-hydrogen) atoms. The van der Waals surface area contributed by atoms with E-state index >= 15 is 0 Å². The first-order valence-corrected chi connectivity index (χ1v) is 5.54. The number of aliphatic hydroxyl groups excluding tert-OH is 1. The largest absolute Gasteiger partial charge is 0.396 e. The van der Waals surface area contributed by atoms with Gasteiger partial charge in [-0.25, -0.2) is 4.39 Å². The molecule has 1 nitrogen and oxygen atoms in total. The van der Waals surface area contributed by atoms with Crippen LogP contribution in [-0.4, -0.2) is 11.7 Å². The van der Waals surface area contributed by atoms with E-state index in [-0.39, 0.29) is 18.4 Å². The zero-order valence-electron chi connectivity index (χ0n) is 9.59. The van der Waals surface area contributed by atoms with Crippen molar-refractivity contribution in [3.8, 4) is 0 Å². The first-order chi connectivity index (χ1) is 6.57. The molecule has 0 aromatic heterocycles. The molecular formula is C12H23FO. The Morgan fingerprint density at radius 3 is 2.43 bits per heavy atom. The fourth-order valence-corrected chi connectivity index (χ4v) is 1.25. The van der Waals surface area contributed by atoms with Gasteiger partial charge >= 0.3 is 0 Å². The smallest absolute Gasteiger partial charge is 0.0987 e. The van der Waals surface area contributed by atoms with Crippen LogP contribution in [0.3, 0.4) is 0 Å². The summed E-state index contributed by atoms with van der Waals surface area (Å²) in [4.78, 5) is 0. The molecule has 0 amide bonds. The second-order valence-corrected chi connectivity index (χ2v) is 4.34. The number of unbranched alkanes of at least 4 members (excludes halogenated alkanes) is 1. The van der Waals surface area contributed by atoms with E-state index in [0.717, 1.165) is 25.7 Å². The van der Waals surface area contributed by atoms with Gasteiger partial charge in [0, 0.05) is 12.5 Å². The minimum atomic E-state index is 0.0108. The van der Waals surface area contributed by atoms with E-state index in [9.17, 15) is 4.39 Å². The van der Waals surface area contributed by atoms with E-state index in [1.165, 1.54) is 0 Å². The molecule has 0 saturated carbocycles. The summed E-state index contributed by atoms with van der Waals surface area (Å²) in [5.41, 5.74) is 0. The van der Waals surface area contributed by atoms with E-state index in [1.807, 2.05) is 6.92 Å². The van der Waals surface area contributed by atoms with Gasteiger partial charge in [-0.15, -0.1) is 0 Å². The molecule has 0 aliphatic rings. The van der Waals surface area contributed by atoms with Crippen LogP contribution in [-0.2, 0) is 0 Å². The molecule has 0 aromatic rings. The molecular weight excluding hydrogens is 179 g/mol. The van der Waals surface area contributed by atoms with Gasteiger partial charge in [0.05, 0.1) is 5.83 Å². The molecule has 0 heterocycles. The molecule has 84 valence electrons. The van der Waals surface area contributed by atoms with Crippen LogP contribution < -0.4 is 0 Å². The monoisotopic (exact) mass is 202 g/mol. The molecule has 0 aromatic carbocycles. The molecule has 1 atom stereocenters. The van der Waals surface area contributed by atoms with Gasteiger partial charge in [0.15, 0.2) is 0 Å². The molecule has 0 spiro atoms. The number of rotatable bonds is 7. The highest BCUT2D eigenvalue weighted by Gasteiger charge is 2.07. The maximum atomic E-state index is 13.4. The van der Waals surface area contributed by atoms with Gasteiger partial charge < -0.3 is 5.11 Å². The topological polar surface area (TPSA) is 20.2 Å². The van der Waals surface area contributed by atoms with Crippen LogP contribution in [0.25, 0.3) is 0 Å². The van der Waals surface area contributed by atoms with Crippen LogP contribution in [0.2, 0.25) is 0 Å². The molecule has 2 heteroatoms. The Bertz CT molecular complexity index is 164. The van der Waals surface area contributed by atoms with Crippen LogP contribution in [0.5, 0.6) is 0 Å². The highest BCUT2D eigenvalue weighted by molar-refractivity contribution is 4.96. The number of hydrogen-bond acceptors (Lipinski definition) is 1. The third kappa shape index (κ3) is 7.07. The van der Waals surface area contributed by atoms with E-state index in [2.05, 4.69) is 13.8 Å². The van der Waals surface area contributed by atoms with Gasteiger partial charge in [0.1, 0.15) is 0 Å². The quantitative estimate of drug-likeness (QED) is 0.624. The summed E-state index contributed by atoms with van der Waals surface area (Å²) >= 11 is 0. The van der Waals surface area contributed by atoms with Gasteiger partial charge in [0.2, 0.25) is 0 Å². The SMILES string of the molecule is CC(C)C/C=C(/F)C(C)CCCCO. The van der Waals surface area contributed by atoms with Crippen LogP contribution in [0.1, 0.15) is 46.5 Å². The second kappa shape index (κ2) is 7.98. The third-order valence-corrected chi connectivity index (χ3v) is 2.30. The summed E-state index contributed by atoms with van der Waals surface area (Å²) < 4.78 is 13.4. The molecule has 0 fully saturated rings. The predicted molar refractivity (Wildman–Crippen MR) is 58.7 cm³/mol. The third-order valence-electron chi connectivity index (χ3n) is 2.30. The Morgan fingerprint density at radius 2 is 1.93 bits per heavy atom. The first kappa shape index (κ1) is 13.6. The molecule has 0 aliphatic heterocycles. The molecule has 0 radical (unpaired) electrons. The fourth-order valence-electron chi connectivity index (χ4n) is 1.25. The van der Waals surface area contributed by atoms with Crippen LogP contribution in [0, 0.1) is 11.8 Å². The lowest BCUT2D eigenvalue weighted by Crippen LogP contribution is -1.97. The van der Waals surface area contributed by atoms with Crippen molar-refractivity contribution >= 4 is 0 Å². The Morgan fingerprint density at radius 1 is 1.29 bits per heavy atom. The average molecular weight is 202 g/mol. The number of halogens is 1. The van der Waals surface area contributed by atoms with E-state index in [0.29, 0.717) is 5.92 Å². The van der Waals surface area contributed by atoms with Crippen molar-refractivity contribution in [3.63, 3.8) is 0 Å². The highest BCUT2D eigenvalue weighted by atomic mass is 19.1. The molecule has 1 unspecified atom stereocenters. The lowest BCUT2D eigenvalue weighted by atomic mass is 10.0. The summed E-state index contributed by atoms with van der Waals surface area (Å²) in [6.07, 6.45) is 5.04. The summed E-state index contributed by atoms with van der Waals surface area (Å²) in [6, 6.07) is 0. The number of hydrogen-bond donors (Lipinski definition) is 1. The van der Waals surface area contributed by atoms with Gasteiger partial charge in [-0.3, -0.25) is 0 Å². The zero-order valence-corrected chi connectivity index (χ0v) is 9.59.